The molecule has 0 aliphatic rings. The van der Waals surface area contributed by atoms with Gasteiger partial charge in [-0.15, -0.1) is 0 Å². The van der Waals surface area contributed by atoms with Gasteiger partial charge in [-0.1, -0.05) is 11.6 Å². The highest BCUT2D eigenvalue weighted by Gasteiger charge is 2.14. The molecule has 1 atom stereocenters. The molecule has 0 aromatic heterocycles. The van der Waals surface area contributed by atoms with Gasteiger partial charge in [-0.3, -0.25) is 11.3 Å². The van der Waals surface area contributed by atoms with Crippen molar-refractivity contribution in [3.8, 4) is 5.75 Å². The fourth-order valence-electron chi connectivity index (χ4n) is 1.54. The molecular weight excluding hydrogens is 228 g/mol. The summed E-state index contributed by atoms with van der Waals surface area (Å²) in [5, 5.41) is 0.661. The molecule has 0 radical (unpaired) electrons. The first-order chi connectivity index (χ1) is 7.72. The lowest BCUT2D eigenvalue weighted by atomic mass is 10.0. The monoisotopic (exact) mass is 244 g/mol. The van der Waals surface area contributed by atoms with E-state index in [1.54, 1.807) is 20.3 Å². The molecule has 90 valence electrons. The summed E-state index contributed by atoms with van der Waals surface area (Å²) in [6.45, 7) is 0.616. The fraction of sp³-hybridized carbons (Fsp3) is 0.455. The molecule has 0 aliphatic heterocycles. The van der Waals surface area contributed by atoms with Crippen molar-refractivity contribution in [3.05, 3.63) is 28.8 Å². The number of ether oxygens (including phenoxy) is 2. The molecule has 0 saturated carbocycles. The Bertz CT molecular complexity index is 334. The Morgan fingerprint density at radius 1 is 1.44 bits per heavy atom. The van der Waals surface area contributed by atoms with E-state index >= 15 is 0 Å². The Kier molecular flexibility index (Phi) is 5.55. The Balaban J connectivity index is 2.92. The molecule has 1 aromatic rings. The van der Waals surface area contributed by atoms with Crippen molar-refractivity contribution in [1.29, 1.82) is 0 Å². The molecule has 0 fully saturated rings. The van der Waals surface area contributed by atoms with Gasteiger partial charge in [0.05, 0.1) is 13.2 Å². The molecule has 4 nitrogen and oxygen atoms in total. The summed E-state index contributed by atoms with van der Waals surface area (Å²) in [7, 11) is 3.28. The minimum atomic E-state index is -0.0337. The zero-order valence-electron chi connectivity index (χ0n) is 9.50. The summed E-state index contributed by atoms with van der Waals surface area (Å²) in [5.74, 6) is 6.28. The molecule has 1 unspecified atom stereocenters. The average Bonchev–Trinajstić information content (AvgIpc) is 2.30. The summed E-state index contributed by atoms with van der Waals surface area (Å²) < 4.78 is 10.3. The summed E-state index contributed by atoms with van der Waals surface area (Å²) in [4.78, 5) is 0. The number of hydrogen-bond donors (Lipinski definition) is 2. The van der Waals surface area contributed by atoms with Crippen LogP contribution in [0.4, 0.5) is 0 Å². The molecule has 0 saturated heterocycles. The van der Waals surface area contributed by atoms with E-state index in [2.05, 4.69) is 5.43 Å². The zero-order valence-corrected chi connectivity index (χ0v) is 10.3. The minimum absolute atomic E-state index is 0.0337. The van der Waals surface area contributed by atoms with E-state index in [0.717, 1.165) is 17.7 Å². The van der Waals surface area contributed by atoms with Crippen LogP contribution < -0.4 is 16.0 Å². The van der Waals surface area contributed by atoms with Gasteiger partial charge >= 0.3 is 0 Å². The highest BCUT2D eigenvalue weighted by atomic mass is 35.5. The maximum Gasteiger partial charge on any atom is 0.123 e. The topological polar surface area (TPSA) is 56.5 Å². The van der Waals surface area contributed by atoms with Crippen LogP contribution in [0.25, 0.3) is 0 Å². The lowest BCUT2D eigenvalue weighted by molar-refractivity contribution is 0.182. The van der Waals surface area contributed by atoms with Crippen LogP contribution >= 0.6 is 11.6 Å². The van der Waals surface area contributed by atoms with Crippen LogP contribution in [0.3, 0.4) is 0 Å². The summed E-state index contributed by atoms with van der Waals surface area (Å²) in [6.07, 6.45) is 0.754. The standard InChI is InChI=1S/C11H17ClN2O2/c1-15-6-5-10(14-13)9-7-8(12)3-4-11(9)16-2/h3-4,7,10,14H,5-6,13H2,1-2H3. The van der Waals surface area contributed by atoms with Gasteiger partial charge in [0.15, 0.2) is 0 Å². The van der Waals surface area contributed by atoms with E-state index in [1.807, 2.05) is 12.1 Å². The van der Waals surface area contributed by atoms with E-state index in [4.69, 9.17) is 26.9 Å². The third-order valence-electron chi connectivity index (χ3n) is 2.38. The molecule has 1 rings (SSSR count). The molecule has 0 aliphatic carbocycles. The molecule has 0 spiro atoms. The third-order valence-corrected chi connectivity index (χ3v) is 2.61. The van der Waals surface area contributed by atoms with Gasteiger partial charge in [-0.05, 0) is 24.6 Å². The highest BCUT2D eigenvalue weighted by molar-refractivity contribution is 6.30. The zero-order chi connectivity index (χ0) is 12.0. The first-order valence-electron chi connectivity index (χ1n) is 5.01. The smallest absolute Gasteiger partial charge is 0.123 e. The number of hydrazine groups is 1. The van der Waals surface area contributed by atoms with E-state index in [1.165, 1.54) is 0 Å². The normalized spacial score (nSPS) is 12.5. The first-order valence-corrected chi connectivity index (χ1v) is 5.39. The number of methoxy groups -OCH3 is 2. The Morgan fingerprint density at radius 3 is 2.75 bits per heavy atom. The van der Waals surface area contributed by atoms with Gasteiger partial charge in [0, 0.05) is 24.3 Å². The SMILES string of the molecule is COCCC(NN)c1cc(Cl)ccc1OC. The van der Waals surface area contributed by atoms with Gasteiger partial charge in [0.2, 0.25) is 0 Å². The number of nitrogens with one attached hydrogen (secondary N) is 1. The Morgan fingerprint density at radius 2 is 2.19 bits per heavy atom. The van der Waals surface area contributed by atoms with Crippen LogP contribution in [-0.4, -0.2) is 20.8 Å². The highest BCUT2D eigenvalue weighted by Crippen LogP contribution is 2.29. The van der Waals surface area contributed by atoms with Crippen molar-refractivity contribution in [1.82, 2.24) is 5.43 Å². The van der Waals surface area contributed by atoms with E-state index in [0.29, 0.717) is 11.6 Å². The molecule has 0 bridgehead atoms. The second kappa shape index (κ2) is 6.70. The molecular formula is C11H17ClN2O2. The van der Waals surface area contributed by atoms with Crippen LogP contribution in [0.1, 0.15) is 18.0 Å². The molecule has 0 heterocycles. The average molecular weight is 245 g/mol. The van der Waals surface area contributed by atoms with Crippen LogP contribution in [0.15, 0.2) is 18.2 Å². The Hall–Kier alpha value is -0.810. The summed E-state index contributed by atoms with van der Waals surface area (Å²) >= 11 is 5.95. The molecule has 1 aromatic carbocycles. The van der Waals surface area contributed by atoms with E-state index < -0.39 is 0 Å². The largest absolute Gasteiger partial charge is 0.496 e. The Labute approximate surface area is 101 Å². The summed E-state index contributed by atoms with van der Waals surface area (Å²) in [5.41, 5.74) is 3.68. The minimum Gasteiger partial charge on any atom is -0.496 e. The van der Waals surface area contributed by atoms with Crippen molar-refractivity contribution in [2.45, 2.75) is 12.5 Å². The predicted octanol–water partition coefficient (Wildman–Crippen LogP) is 1.89. The lowest BCUT2D eigenvalue weighted by Gasteiger charge is -2.18. The predicted molar refractivity (Wildman–Crippen MR) is 64.6 cm³/mol. The van der Waals surface area contributed by atoms with Crippen LogP contribution in [-0.2, 0) is 4.74 Å². The number of nitrogens with two attached hydrogens (primary N) is 1. The maximum absolute atomic E-state index is 5.95. The molecule has 16 heavy (non-hydrogen) atoms. The molecule has 5 heteroatoms. The van der Waals surface area contributed by atoms with Crippen molar-refractivity contribution in [2.24, 2.45) is 5.84 Å². The van der Waals surface area contributed by atoms with Crippen molar-refractivity contribution >= 4 is 11.6 Å². The fourth-order valence-corrected chi connectivity index (χ4v) is 1.72. The number of rotatable bonds is 6. The quantitative estimate of drug-likeness (QED) is 0.593. The number of hydrogen-bond acceptors (Lipinski definition) is 4. The lowest BCUT2D eigenvalue weighted by Crippen LogP contribution is -2.29. The van der Waals surface area contributed by atoms with Crippen LogP contribution in [0.2, 0.25) is 5.02 Å². The second-order valence-electron chi connectivity index (χ2n) is 3.39. The van der Waals surface area contributed by atoms with Crippen molar-refractivity contribution < 1.29 is 9.47 Å². The van der Waals surface area contributed by atoms with Crippen molar-refractivity contribution in [2.75, 3.05) is 20.8 Å². The van der Waals surface area contributed by atoms with Gasteiger partial charge in [0.1, 0.15) is 5.75 Å². The number of halogens is 1. The van der Waals surface area contributed by atoms with Gasteiger partial charge in [0.25, 0.3) is 0 Å². The molecule has 0 amide bonds. The van der Waals surface area contributed by atoms with Crippen LogP contribution in [0.5, 0.6) is 5.75 Å². The van der Waals surface area contributed by atoms with Gasteiger partial charge in [-0.25, -0.2) is 0 Å². The van der Waals surface area contributed by atoms with Gasteiger partial charge in [-0.2, -0.15) is 0 Å². The van der Waals surface area contributed by atoms with Gasteiger partial charge < -0.3 is 9.47 Å². The maximum atomic E-state index is 5.95. The first kappa shape index (κ1) is 13.3. The van der Waals surface area contributed by atoms with E-state index in [-0.39, 0.29) is 6.04 Å². The second-order valence-corrected chi connectivity index (χ2v) is 3.82. The van der Waals surface area contributed by atoms with Crippen LogP contribution in [0, 0.1) is 0 Å². The number of benzene rings is 1. The third kappa shape index (κ3) is 3.35. The van der Waals surface area contributed by atoms with Crippen molar-refractivity contribution in [3.63, 3.8) is 0 Å². The van der Waals surface area contributed by atoms with E-state index in [9.17, 15) is 0 Å². The summed E-state index contributed by atoms with van der Waals surface area (Å²) in [6, 6.07) is 5.43. The molecule has 3 N–H and O–H groups in total.